The lowest BCUT2D eigenvalue weighted by molar-refractivity contribution is 0.399. The summed E-state index contributed by atoms with van der Waals surface area (Å²) in [6.07, 6.45) is 4.92. The Hall–Kier alpha value is -1.63. The molecule has 3 N–H and O–H groups in total. The fourth-order valence-electron chi connectivity index (χ4n) is 2.01. The van der Waals surface area contributed by atoms with Crippen molar-refractivity contribution in [2.45, 2.75) is 19.5 Å². The average molecular weight is 282 g/mol. The molecule has 2 aromatic rings. The zero-order valence-electron chi connectivity index (χ0n) is 10.8. The number of rotatable bonds is 5. The van der Waals surface area contributed by atoms with E-state index < -0.39 is 0 Å². The summed E-state index contributed by atoms with van der Waals surface area (Å²) in [7, 11) is 1.60. The maximum atomic E-state index is 6.18. The molecule has 6 nitrogen and oxygen atoms in total. The van der Waals surface area contributed by atoms with Gasteiger partial charge in [-0.05, 0) is 18.6 Å². The number of pyridine rings is 1. The van der Waals surface area contributed by atoms with Crippen molar-refractivity contribution < 1.29 is 4.74 Å². The van der Waals surface area contributed by atoms with E-state index in [1.54, 1.807) is 25.7 Å². The first-order valence-corrected chi connectivity index (χ1v) is 6.25. The molecule has 0 aliphatic heterocycles. The van der Waals surface area contributed by atoms with E-state index in [2.05, 4.69) is 15.5 Å². The second-order valence-electron chi connectivity index (χ2n) is 3.91. The summed E-state index contributed by atoms with van der Waals surface area (Å²) in [4.78, 5) is 3.97. The quantitative estimate of drug-likeness (QED) is 0.642. The van der Waals surface area contributed by atoms with Crippen LogP contribution in [-0.2, 0) is 6.54 Å². The number of nitrogens with two attached hydrogens (primary N) is 1. The fraction of sp³-hybridized carbons (Fsp3) is 0.333. The second-order valence-corrected chi connectivity index (χ2v) is 4.32. The van der Waals surface area contributed by atoms with Gasteiger partial charge >= 0.3 is 0 Å². The van der Waals surface area contributed by atoms with Crippen molar-refractivity contribution in [3.63, 3.8) is 0 Å². The molecule has 0 radical (unpaired) electrons. The standard InChI is InChI=1S/C12H16ClN5O/c1-3-18-12(10(19-2)7-16-18)11(17-14)8-4-5-15-6-9(8)13/h4-7,11,17H,3,14H2,1-2H3. The van der Waals surface area contributed by atoms with E-state index in [1.165, 1.54) is 0 Å². The van der Waals surface area contributed by atoms with Gasteiger partial charge in [0, 0.05) is 18.9 Å². The zero-order valence-corrected chi connectivity index (χ0v) is 11.6. The zero-order chi connectivity index (χ0) is 13.8. The highest BCUT2D eigenvalue weighted by atomic mass is 35.5. The Bertz CT molecular complexity index is 535. The van der Waals surface area contributed by atoms with Crippen molar-refractivity contribution in [1.82, 2.24) is 20.2 Å². The summed E-state index contributed by atoms with van der Waals surface area (Å²) in [6.45, 7) is 2.71. The molecule has 7 heteroatoms. The molecule has 1 atom stereocenters. The average Bonchev–Trinajstić information content (AvgIpc) is 2.85. The van der Waals surface area contributed by atoms with Crippen LogP contribution in [0.3, 0.4) is 0 Å². The molecule has 0 aliphatic rings. The maximum absolute atomic E-state index is 6.18. The highest BCUT2D eigenvalue weighted by molar-refractivity contribution is 6.31. The number of aryl methyl sites for hydroxylation is 1. The van der Waals surface area contributed by atoms with Crippen molar-refractivity contribution in [2.75, 3.05) is 7.11 Å². The number of methoxy groups -OCH3 is 1. The molecule has 102 valence electrons. The van der Waals surface area contributed by atoms with Crippen LogP contribution in [0.25, 0.3) is 0 Å². The smallest absolute Gasteiger partial charge is 0.161 e. The largest absolute Gasteiger partial charge is 0.493 e. The molecule has 2 rings (SSSR count). The summed E-state index contributed by atoms with van der Waals surface area (Å²) in [5.74, 6) is 6.35. The third-order valence-corrected chi connectivity index (χ3v) is 3.24. The lowest BCUT2D eigenvalue weighted by Crippen LogP contribution is -2.31. The molecule has 0 aliphatic carbocycles. The van der Waals surface area contributed by atoms with E-state index in [4.69, 9.17) is 22.2 Å². The molecule has 0 bridgehead atoms. The number of nitrogens with one attached hydrogen (secondary N) is 1. The minimum atomic E-state index is -0.312. The van der Waals surface area contributed by atoms with Crippen molar-refractivity contribution in [3.05, 3.63) is 40.9 Å². The topological polar surface area (TPSA) is 78.0 Å². The van der Waals surface area contributed by atoms with Gasteiger partial charge in [0.15, 0.2) is 5.75 Å². The van der Waals surface area contributed by atoms with Crippen LogP contribution in [0.5, 0.6) is 5.75 Å². The summed E-state index contributed by atoms with van der Waals surface area (Å²) in [5.41, 5.74) is 4.42. The van der Waals surface area contributed by atoms with Crippen LogP contribution in [0, 0.1) is 0 Å². The Balaban J connectivity index is 2.54. The second kappa shape index (κ2) is 6.01. The Morgan fingerprint density at radius 1 is 1.53 bits per heavy atom. The van der Waals surface area contributed by atoms with Crippen molar-refractivity contribution >= 4 is 11.6 Å². The number of hydrogen-bond donors (Lipinski definition) is 2. The van der Waals surface area contributed by atoms with Gasteiger partial charge in [0.25, 0.3) is 0 Å². The van der Waals surface area contributed by atoms with Crippen LogP contribution in [0.15, 0.2) is 24.7 Å². The van der Waals surface area contributed by atoms with Gasteiger partial charge in [-0.2, -0.15) is 5.10 Å². The van der Waals surface area contributed by atoms with E-state index in [0.717, 1.165) is 11.3 Å². The summed E-state index contributed by atoms with van der Waals surface area (Å²) in [6, 6.07) is 1.51. The van der Waals surface area contributed by atoms with E-state index in [1.807, 2.05) is 17.7 Å². The van der Waals surface area contributed by atoms with Gasteiger partial charge in [0.1, 0.15) is 5.69 Å². The molecule has 0 aromatic carbocycles. The highest BCUT2D eigenvalue weighted by Crippen LogP contribution is 2.32. The van der Waals surface area contributed by atoms with Gasteiger partial charge < -0.3 is 4.74 Å². The van der Waals surface area contributed by atoms with Crippen LogP contribution in [0.2, 0.25) is 5.02 Å². The predicted octanol–water partition coefficient (Wildman–Crippen LogP) is 1.51. The van der Waals surface area contributed by atoms with Crippen molar-refractivity contribution in [2.24, 2.45) is 5.84 Å². The number of ether oxygens (including phenoxy) is 1. The van der Waals surface area contributed by atoms with Gasteiger partial charge in [-0.25, -0.2) is 5.43 Å². The van der Waals surface area contributed by atoms with E-state index >= 15 is 0 Å². The van der Waals surface area contributed by atoms with Crippen LogP contribution in [0.4, 0.5) is 0 Å². The first-order chi connectivity index (χ1) is 9.22. The van der Waals surface area contributed by atoms with E-state index in [-0.39, 0.29) is 6.04 Å². The Labute approximate surface area is 116 Å². The lowest BCUT2D eigenvalue weighted by Gasteiger charge is -2.19. The molecule has 2 aromatic heterocycles. The number of hydrogen-bond acceptors (Lipinski definition) is 5. The molecular formula is C12H16ClN5O. The van der Waals surface area contributed by atoms with Crippen LogP contribution < -0.4 is 16.0 Å². The molecule has 1 unspecified atom stereocenters. The van der Waals surface area contributed by atoms with Gasteiger partial charge in [-0.1, -0.05) is 11.6 Å². The van der Waals surface area contributed by atoms with Gasteiger partial charge in [0.05, 0.1) is 24.4 Å². The third-order valence-electron chi connectivity index (χ3n) is 2.92. The Morgan fingerprint density at radius 2 is 2.32 bits per heavy atom. The van der Waals surface area contributed by atoms with Gasteiger partial charge in [-0.3, -0.25) is 15.5 Å². The molecule has 2 heterocycles. The van der Waals surface area contributed by atoms with Crippen LogP contribution in [0.1, 0.15) is 24.2 Å². The van der Waals surface area contributed by atoms with Crippen LogP contribution >= 0.6 is 11.6 Å². The number of hydrazine groups is 1. The third kappa shape index (κ3) is 2.56. The highest BCUT2D eigenvalue weighted by Gasteiger charge is 2.24. The first kappa shape index (κ1) is 13.8. The molecule has 0 spiro atoms. The minimum absolute atomic E-state index is 0.312. The van der Waals surface area contributed by atoms with Crippen LogP contribution in [-0.4, -0.2) is 21.9 Å². The minimum Gasteiger partial charge on any atom is -0.493 e. The normalized spacial score (nSPS) is 12.4. The van der Waals surface area contributed by atoms with E-state index in [9.17, 15) is 0 Å². The molecule has 0 saturated heterocycles. The maximum Gasteiger partial charge on any atom is 0.161 e. The number of nitrogens with zero attached hydrogens (tertiary/aromatic N) is 3. The predicted molar refractivity (Wildman–Crippen MR) is 72.9 cm³/mol. The number of halogens is 1. The van der Waals surface area contributed by atoms with Gasteiger partial charge in [0.2, 0.25) is 0 Å². The monoisotopic (exact) mass is 281 g/mol. The lowest BCUT2D eigenvalue weighted by atomic mass is 10.1. The van der Waals surface area contributed by atoms with Crippen molar-refractivity contribution in [3.8, 4) is 5.75 Å². The Morgan fingerprint density at radius 3 is 2.89 bits per heavy atom. The summed E-state index contributed by atoms with van der Waals surface area (Å²) < 4.78 is 7.15. The molecule has 19 heavy (non-hydrogen) atoms. The van der Waals surface area contributed by atoms with E-state index in [0.29, 0.717) is 17.3 Å². The fourth-order valence-corrected chi connectivity index (χ4v) is 2.24. The Kier molecular flexibility index (Phi) is 4.36. The molecular weight excluding hydrogens is 266 g/mol. The van der Waals surface area contributed by atoms with Crippen molar-refractivity contribution in [1.29, 1.82) is 0 Å². The SMILES string of the molecule is CCn1ncc(OC)c1C(NN)c1ccncc1Cl. The molecule has 0 fully saturated rings. The summed E-state index contributed by atoms with van der Waals surface area (Å²) >= 11 is 6.18. The molecule has 0 saturated carbocycles. The number of aromatic nitrogens is 3. The first-order valence-electron chi connectivity index (χ1n) is 5.88. The molecule has 0 amide bonds. The summed E-state index contributed by atoms with van der Waals surface area (Å²) in [5, 5.41) is 4.81. The van der Waals surface area contributed by atoms with Gasteiger partial charge in [-0.15, -0.1) is 0 Å².